The van der Waals surface area contributed by atoms with Gasteiger partial charge in [-0.3, -0.25) is 4.79 Å². The Hall–Kier alpha value is -2.29. The van der Waals surface area contributed by atoms with Crippen molar-refractivity contribution in [1.82, 2.24) is 0 Å². The summed E-state index contributed by atoms with van der Waals surface area (Å²) in [6, 6.07) is 11.9. The summed E-state index contributed by atoms with van der Waals surface area (Å²) < 4.78 is 5.88. The Morgan fingerprint density at radius 2 is 1.65 bits per heavy atom. The van der Waals surface area contributed by atoms with E-state index in [1.165, 1.54) is 5.56 Å². The highest BCUT2D eigenvalue weighted by atomic mass is 16.5. The molecular formula is C20H25NO2. The van der Waals surface area contributed by atoms with E-state index in [4.69, 9.17) is 4.74 Å². The summed E-state index contributed by atoms with van der Waals surface area (Å²) in [5.74, 6) is 0.617. The van der Waals surface area contributed by atoms with Gasteiger partial charge in [0.15, 0.2) is 6.10 Å². The van der Waals surface area contributed by atoms with E-state index in [1.807, 2.05) is 58.0 Å². The topological polar surface area (TPSA) is 38.3 Å². The number of hydrogen-bond acceptors (Lipinski definition) is 2. The van der Waals surface area contributed by atoms with Gasteiger partial charge in [0.1, 0.15) is 5.75 Å². The molecule has 0 aromatic heterocycles. The molecule has 1 amide bonds. The normalized spacial score (nSPS) is 11.9. The Morgan fingerprint density at radius 1 is 1.00 bits per heavy atom. The van der Waals surface area contributed by atoms with Crippen LogP contribution in [0.15, 0.2) is 36.4 Å². The van der Waals surface area contributed by atoms with Gasteiger partial charge in [0, 0.05) is 5.69 Å². The highest BCUT2D eigenvalue weighted by molar-refractivity contribution is 5.94. The third-order valence-electron chi connectivity index (χ3n) is 3.91. The van der Waals surface area contributed by atoms with E-state index in [2.05, 4.69) is 18.3 Å². The van der Waals surface area contributed by atoms with Gasteiger partial charge in [0.05, 0.1) is 0 Å². The lowest BCUT2D eigenvalue weighted by molar-refractivity contribution is -0.122. The van der Waals surface area contributed by atoms with Gasteiger partial charge in [0.25, 0.3) is 5.91 Å². The Bertz CT molecular complexity index is 687. The molecule has 0 unspecified atom stereocenters. The number of benzene rings is 2. The average Bonchev–Trinajstić information content (AvgIpc) is 2.47. The standard InChI is InChI=1S/C20H25NO2/c1-6-19(23-18-8-7-15(4)16(5)12-18)20(22)21-17-10-13(2)9-14(3)11-17/h7-12,19H,6H2,1-5H3,(H,21,22)/t19-/m0/s1. The summed E-state index contributed by atoms with van der Waals surface area (Å²) in [6.45, 7) is 10.1. The van der Waals surface area contributed by atoms with Crippen molar-refractivity contribution in [3.63, 3.8) is 0 Å². The van der Waals surface area contributed by atoms with Crippen LogP contribution < -0.4 is 10.1 Å². The molecule has 3 nitrogen and oxygen atoms in total. The second kappa shape index (κ2) is 7.32. The quantitative estimate of drug-likeness (QED) is 0.868. The van der Waals surface area contributed by atoms with Gasteiger partial charge in [-0.25, -0.2) is 0 Å². The van der Waals surface area contributed by atoms with Gasteiger partial charge in [-0.1, -0.05) is 19.1 Å². The van der Waals surface area contributed by atoms with Gasteiger partial charge in [-0.15, -0.1) is 0 Å². The first-order valence-electron chi connectivity index (χ1n) is 8.02. The van der Waals surface area contributed by atoms with E-state index in [0.717, 1.165) is 28.1 Å². The van der Waals surface area contributed by atoms with Crippen LogP contribution in [0.2, 0.25) is 0 Å². The summed E-state index contributed by atoms with van der Waals surface area (Å²) in [7, 11) is 0. The zero-order valence-electron chi connectivity index (χ0n) is 14.6. The predicted octanol–water partition coefficient (Wildman–Crippen LogP) is 4.72. The number of carbonyl (C=O) groups is 1. The summed E-state index contributed by atoms with van der Waals surface area (Å²) in [5, 5.41) is 2.96. The van der Waals surface area contributed by atoms with E-state index < -0.39 is 6.10 Å². The van der Waals surface area contributed by atoms with Crippen molar-refractivity contribution < 1.29 is 9.53 Å². The molecule has 1 N–H and O–H groups in total. The summed E-state index contributed by atoms with van der Waals surface area (Å²) in [5.41, 5.74) is 5.44. The van der Waals surface area contributed by atoms with Crippen molar-refractivity contribution in [2.45, 2.75) is 47.1 Å². The zero-order chi connectivity index (χ0) is 17.0. The third kappa shape index (κ3) is 4.59. The maximum Gasteiger partial charge on any atom is 0.265 e. The van der Waals surface area contributed by atoms with Crippen LogP contribution in [0.25, 0.3) is 0 Å². The molecule has 2 rings (SSSR count). The van der Waals surface area contributed by atoms with E-state index in [-0.39, 0.29) is 5.91 Å². The molecule has 0 bridgehead atoms. The van der Waals surface area contributed by atoms with Crippen LogP contribution in [0.1, 0.15) is 35.6 Å². The number of anilines is 1. The van der Waals surface area contributed by atoms with Crippen LogP contribution in [-0.4, -0.2) is 12.0 Å². The molecule has 2 aromatic carbocycles. The molecular weight excluding hydrogens is 286 g/mol. The first-order valence-corrected chi connectivity index (χ1v) is 8.02. The molecule has 0 heterocycles. The van der Waals surface area contributed by atoms with Gasteiger partial charge >= 0.3 is 0 Å². The van der Waals surface area contributed by atoms with Crippen molar-refractivity contribution in [1.29, 1.82) is 0 Å². The summed E-state index contributed by atoms with van der Waals surface area (Å²) in [4.78, 5) is 12.5. The molecule has 3 heteroatoms. The number of aryl methyl sites for hydroxylation is 4. The number of hydrogen-bond donors (Lipinski definition) is 1. The third-order valence-corrected chi connectivity index (χ3v) is 3.91. The average molecular weight is 311 g/mol. The molecule has 0 aliphatic rings. The van der Waals surface area contributed by atoms with Crippen molar-refractivity contribution in [3.8, 4) is 5.75 Å². The molecule has 0 aliphatic heterocycles. The molecule has 2 aromatic rings. The van der Waals surface area contributed by atoms with E-state index in [1.54, 1.807) is 0 Å². The van der Waals surface area contributed by atoms with Gasteiger partial charge < -0.3 is 10.1 Å². The molecule has 0 spiro atoms. The molecule has 0 fully saturated rings. The minimum Gasteiger partial charge on any atom is -0.481 e. The smallest absolute Gasteiger partial charge is 0.265 e. The summed E-state index contributed by atoms with van der Waals surface area (Å²) >= 11 is 0. The van der Waals surface area contributed by atoms with Gasteiger partial charge in [-0.05, 0) is 80.6 Å². The first kappa shape index (κ1) is 17.1. The molecule has 0 radical (unpaired) electrons. The van der Waals surface area contributed by atoms with Gasteiger partial charge in [-0.2, -0.15) is 0 Å². The van der Waals surface area contributed by atoms with E-state index in [9.17, 15) is 4.79 Å². The highest BCUT2D eigenvalue weighted by Crippen LogP contribution is 2.20. The number of amides is 1. The second-order valence-electron chi connectivity index (χ2n) is 6.13. The van der Waals surface area contributed by atoms with E-state index in [0.29, 0.717) is 6.42 Å². The largest absolute Gasteiger partial charge is 0.481 e. The fraction of sp³-hybridized carbons (Fsp3) is 0.350. The number of rotatable bonds is 5. The molecule has 122 valence electrons. The van der Waals surface area contributed by atoms with Crippen LogP contribution in [-0.2, 0) is 4.79 Å². The highest BCUT2D eigenvalue weighted by Gasteiger charge is 2.19. The molecule has 0 aliphatic carbocycles. The number of ether oxygens (including phenoxy) is 1. The zero-order valence-corrected chi connectivity index (χ0v) is 14.6. The minimum atomic E-state index is -0.502. The van der Waals surface area contributed by atoms with Crippen molar-refractivity contribution in [2.75, 3.05) is 5.32 Å². The molecule has 23 heavy (non-hydrogen) atoms. The monoisotopic (exact) mass is 311 g/mol. The Morgan fingerprint density at radius 3 is 2.22 bits per heavy atom. The van der Waals surface area contributed by atoms with Crippen LogP contribution in [0.4, 0.5) is 5.69 Å². The number of carbonyl (C=O) groups excluding carboxylic acids is 1. The molecule has 1 atom stereocenters. The maximum absolute atomic E-state index is 12.5. The second-order valence-corrected chi connectivity index (χ2v) is 6.13. The minimum absolute atomic E-state index is 0.115. The maximum atomic E-state index is 12.5. The van der Waals surface area contributed by atoms with Crippen LogP contribution >= 0.6 is 0 Å². The first-order chi connectivity index (χ1) is 10.9. The predicted molar refractivity (Wildman–Crippen MR) is 95.2 cm³/mol. The SMILES string of the molecule is CC[C@H](Oc1ccc(C)c(C)c1)C(=O)Nc1cc(C)cc(C)c1. The fourth-order valence-corrected chi connectivity index (χ4v) is 2.54. The van der Waals surface area contributed by atoms with Crippen molar-refractivity contribution in [2.24, 2.45) is 0 Å². The Kier molecular flexibility index (Phi) is 5.43. The van der Waals surface area contributed by atoms with Crippen molar-refractivity contribution in [3.05, 3.63) is 58.7 Å². The lowest BCUT2D eigenvalue weighted by Crippen LogP contribution is -2.32. The number of nitrogens with one attached hydrogen (secondary N) is 1. The lowest BCUT2D eigenvalue weighted by Gasteiger charge is -2.18. The Labute approximate surface area is 138 Å². The van der Waals surface area contributed by atoms with Crippen LogP contribution in [0, 0.1) is 27.7 Å². The van der Waals surface area contributed by atoms with Crippen LogP contribution in [0.5, 0.6) is 5.75 Å². The summed E-state index contributed by atoms with van der Waals surface area (Å²) in [6.07, 6.45) is 0.113. The molecule has 0 saturated carbocycles. The van der Waals surface area contributed by atoms with Crippen molar-refractivity contribution >= 4 is 11.6 Å². The van der Waals surface area contributed by atoms with Gasteiger partial charge in [0.2, 0.25) is 0 Å². The van der Waals surface area contributed by atoms with Crippen LogP contribution in [0.3, 0.4) is 0 Å². The molecule has 0 saturated heterocycles. The Balaban J connectivity index is 2.10. The lowest BCUT2D eigenvalue weighted by atomic mass is 10.1. The fourth-order valence-electron chi connectivity index (χ4n) is 2.54. The van der Waals surface area contributed by atoms with E-state index >= 15 is 0 Å².